The van der Waals surface area contributed by atoms with Crippen LogP contribution in [0.5, 0.6) is 11.5 Å². The van der Waals surface area contributed by atoms with Crippen LogP contribution in [-0.4, -0.2) is 39.5 Å². The molecule has 0 spiro atoms. The Hall–Kier alpha value is -1.72. The summed E-state index contributed by atoms with van der Waals surface area (Å²) in [7, 11) is 4.96. The average molecular weight is 313 g/mol. The van der Waals surface area contributed by atoms with Crippen LogP contribution in [0, 0.1) is 0 Å². The van der Waals surface area contributed by atoms with Crippen molar-refractivity contribution in [3.05, 3.63) is 24.4 Å². The maximum Gasteiger partial charge on any atom is 0.162 e. The van der Waals surface area contributed by atoms with E-state index in [4.69, 9.17) is 14.2 Å². The lowest BCUT2D eigenvalue weighted by molar-refractivity contribution is 0.198. The molecule has 2 rings (SSSR count). The molecular formula is C15H21ClN2O3. The normalized spacial score (nSPS) is 10.0. The quantitative estimate of drug-likeness (QED) is 0.796. The van der Waals surface area contributed by atoms with E-state index < -0.39 is 0 Å². The summed E-state index contributed by atoms with van der Waals surface area (Å²) < 4.78 is 15.7. The Morgan fingerprint density at radius 3 is 2.48 bits per heavy atom. The van der Waals surface area contributed by atoms with Crippen molar-refractivity contribution in [3.63, 3.8) is 0 Å². The van der Waals surface area contributed by atoms with E-state index in [1.165, 1.54) is 0 Å². The maximum absolute atomic E-state index is 5.34. The number of nitrogens with one attached hydrogen (secondary N) is 1. The molecule has 0 saturated heterocycles. The van der Waals surface area contributed by atoms with Gasteiger partial charge in [0.05, 0.1) is 19.7 Å². The molecule has 6 heteroatoms. The van der Waals surface area contributed by atoms with E-state index in [-0.39, 0.29) is 12.4 Å². The van der Waals surface area contributed by atoms with Crippen molar-refractivity contribution in [3.8, 4) is 11.5 Å². The molecule has 1 heterocycles. The van der Waals surface area contributed by atoms with Crippen LogP contribution < -0.4 is 14.8 Å². The molecule has 116 valence electrons. The van der Waals surface area contributed by atoms with Crippen LogP contribution >= 0.6 is 12.4 Å². The third kappa shape index (κ3) is 4.12. The molecule has 0 aliphatic carbocycles. The van der Waals surface area contributed by atoms with E-state index in [0.717, 1.165) is 36.2 Å². The fourth-order valence-electron chi connectivity index (χ4n) is 2.07. The summed E-state index contributed by atoms with van der Waals surface area (Å²) in [5.74, 6) is 1.39. The number of halogens is 1. The number of aromatic nitrogens is 1. The lowest BCUT2D eigenvalue weighted by Crippen LogP contribution is -2.05. The van der Waals surface area contributed by atoms with E-state index in [9.17, 15) is 0 Å². The van der Waals surface area contributed by atoms with Gasteiger partial charge in [0.25, 0.3) is 0 Å². The zero-order chi connectivity index (χ0) is 14.4. The Kier molecular flexibility index (Phi) is 7.05. The Bertz CT molecular complexity index is 578. The second kappa shape index (κ2) is 8.54. The Balaban J connectivity index is 0.00000220. The topological polar surface area (TPSA) is 52.6 Å². The van der Waals surface area contributed by atoms with E-state index >= 15 is 0 Å². The molecule has 0 radical (unpaired) electrons. The van der Waals surface area contributed by atoms with E-state index in [0.29, 0.717) is 11.5 Å². The van der Waals surface area contributed by atoms with Crippen molar-refractivity contribution >= 4 is 29.0 Å². The Morgan fingerprint density at radius 2 is 1.81 bits per heavy atom. The van der Waals surface area contributed by atoms with Gasteiger partial charge in [0.1, 0.15) is 0 Å². The molecule has 0 bridgehead atoms. The van der Waals surface area contributed by atoms with Crippen LogP contribution in [0.1, 0.15) is 6.42 Å². The number of rotatable bonds is 7. The van der Waals surface area contributed by atoms with Crippen LogP contribution in [0.3, 0.4) is 0 Å². The van der Waals surface area contributed by atoms with Crippen LogP contribution in [0.2, 0.25) is 0 Å². The molecule has 21 heavy (non-hydrogen) atoms. The molecule has 0 atom stereocenters. The SMILES string of the molecule is COCCCNc1ccnc2cc(OC)c(OC)cc12.Cl. The number of benzene rings is 1. The highest BCUT2D eigenvalue weighted by Gasteiger charge is 2.09. The van der Waals surface area contributed by atoms with Crippen molar-refractivity contribution in [2.75, 3.05) is 39.8 Å². The number of nitrogens with zero attached hydrogens (tertiary/aromatic N) is 1. The number of ether oxygens (including phenoxy) is 3. The van der Waals surface area contributed by atoms with Crippen molar-refractivity contribution in [1.29, 1.82) is 0 Å². The molecule has 0 aliphatic heterocycles. The zero-order valence-corrected chi connectivity index (χ0v) is 13.3. The largest absolute Gasteiger partial charge is 0.493 e. The summed E-state index contributed by atoms with van der Waals surface area (Å²) in [6.45, 7) is 1.59. The molecule has 0 saturated carbocycles. The van der Waals surface area contributed by atoms with Gasteiger partial charge in [-0.25, -0.2) is 0 Å². The fraction of sp³-hybridized carbons (Fsp3) is 0.400. The zero-order valence-electron chi connectivity index (χ0n) is 12.5. The first-order chi connectivity index (χ1) is 9.80. The second-order valence-corrected chi connectivity index (χ2v) is 4.36. The number of anilines is 1. The number of pyridine rings is 1. The van der Waals surface area contributed by atoms with E-state index in [2.05, 4.69) is 10.3 Å². The highest BCUT2D eigenvalue weighted by molar-refractivity contribution is 5.93. The molecule has 0 amide bonds. The summed E-state index contributed by atoms with van der Waals surface area (Å²) in [5, 5.41) is 4.41. The summed E-state index contributed by atoms with van der Waals surface area (Å²) in [6, 6.07) is 5.79. The van der Waals surface area contributed by atoms with Crippen molar-refractivity contribution in [2.24, 2.45) is 0 Å². The highest BCUT2D eigenvalue weighted by atomic mass is 35.5. The number of fused-ring (bicyclic) bond motifs is 1. The number of hydrogen-bond donors (Lipinski definition) is 1. The van der Waals surface area contributed by atoms with Crippen LogP contribution in [0.15, 0.2) is 24.4 Å². The number of hydrogen-bond acceptors (Lipinski definition) is 5. The summed E-state index contributed by atoms with van der Waals surface area (Å²) in [6.07, 6.45) is 2.74. The predicted molar refractivity (Wildman–Crippen MR) is 87.1 cm³/mol. The van der Waals surface area contributed by atoms with Gasteiger partial charge in [0.2, 0.25) is 0 Å². The first-order valence-corrected chi connectivity index (χ1v) is 6.53. The summed E-state index contributed by atoms with van der Waals surface area (Å²) in [5.41, 5.74) is 1.91. The van der Waals surface area contributed by atoms with Gasteiger partial charge in [-0.3, -0.25) is 4.98 Å². The van der Waals surface area contributed by atoms with Crippen LogP contribution in [0.4, 0.5) is 5.69 Å². The van der Waals surface area contributed by atoms with Gasteiger partial charge in [-0.1, -0.05) is 0 Å². The monoisotopic (exact) mass is 312 g/mol. The lowest BCUT2D eigenvalue weighted by Gasteiger charge is -2.12. The van der Waals surface area contributed by atoms with Gasteiger partial charge >= 0.3 is 0 Å². The minimum atomic E-state index is 0. The third-order valence-electron chi connectivity index (χ3n) is 3.09. The Morgan fingerprint density at radius 1 is 1.10 bits per heavy atom. The first kappa shape index (κ1) is 17.3. The predicted octanol–water partition coefficient (Wildman–Crippen LogP) is 3.12. The average Bonchev–Trinajstić information content (AvgIpc) is 2.50. The molecule has 5 nitrogen and oxygen atoms in total. The minimum Gasteiger partial charge on any atom is -0.493 e. The van der Waals surface area contributed by atoms with Crippen molar-refractivity contribution in [2.45, 2.75) is 6.42 Å². The standard InChI is InChI=1S/C15H20N2O3.ClH/c1-18-8-4-6-16-12-5-7-17-13-10-15(20-3)14(19-2)9-11(12)13;/h5,7,9-10H,4,6,8H2,1-3H3,(H,16,17);1H. The van der Waals surface area contributed by atoms with E-state index in [1.807, 2.05) is 18.2 Å². The summed E-state index contributed by atoms with van der Waals surface area (Å²) >= 11 is 0. The van der Waals surface area contributed by atoms with Gasteiger partial charge in [0, 0.05) is 43.6 Å². The van der Waals surface area contributed by atoms with Gasteiger partial charge in [0.15, 0.2) is 11.5 Å². The molecule has 0 aliphatic rings. The highest BCUT2D eigenvalue weighted by Crippen LogP contribution is 2.34. The third-order valence-corrected chi connectivity index (χ3v) is 3.09. The first-order valence-electron chi connectivity index (χ1n) is 6.53. The molecule has 1 N–H and O–H groups in total. The molecule has 0 fully saturated rings. The molecule has 2 aromatic rings. The van der Waals surface area contributed by atoms with E-state index in [1.54, 1.807) is 27.5 Å². The maximum atomic E-state index is 5.34. The van der Waals surface area contributed by atoms with Gasteiger partial charge < -0.3 is 19.5 Å². The van der Waals surface area contributed by atoms with Crippen LogP contribution in [0.25, 0.3) is 10.9 Å². The van der Waals surface area contributed by atoms with Gasteiger partial charge in [-0.15, -0.1) is 12.4 Å². The van der Waals surface area contributed by atoms with Gasteiger partial charge in [-0.2, -0.15) is 0 Å². The minimum absolute atomic E-state index is 0. The van der Waals surface area contributed by atoms with Crippen molar-refractivity contribution in [1.82, 2.24) is 4.98 Å². The second-order valence-electron chi connectivity index (χ2n) is 4.36. The summed E-state index contributed by atoms with van der Waals surface area (Å²) in [4.78, 5) is 4.37. The smallest absolute Gasteiger partial charge is 0.162 e. The molecule has 1 aromatic heterocycles. The fourth-order valence-corrected chi connectivity index (χ4v) is 2.07. The molecule has 0 unspecified atom stereocenters. The van der Waals surface area contributed by atoms with Crippen molar-refractivity contribution < 1.29 is 14.2 Å². The molecular weight excluding hydrogens is 292 g/mol. The van der Waals surface area contributed by atoms with Gasteiger partial charge in [-0.05, 0) is 18.6 Å². The molecule has 1 aromatic carbocycles. The Labute approximate surface area is 131 Å². The lowest BCUT2D eigenvalue weighted by atomic mass is 10.1. The van der Waals surface area contributed by atoms with Crippen LogP contribution in [-0.2, 0) is 4.74 Å². The number of methoxy groups -OCH3 is 3.